The molecular formula is C15H17N3OS. The fourth-order valence-electron chi connectivity index (χ4n) is 2.24. The van der Waals surface area contributed by atoms with Gasteiger partial charge in [-0.3, -0.25) is 10.1 Å². The van der Waals surface area contributed by atoms with Gasteiger partial charge in [0, 0.05) is 19.5 Å². The van der Waals surface area contributed by atoms with Crippen LogP contribution >= 0.6 is 11.3 Å². The summed E-state index contributed by atoms with van der Waals surface area (Å²) in [5.41, 5.74) is 1.07. The number of carbonyl (C=O) groups is 1. The summed E-state index contributed by atoms with van der Waals surface area (Å²) in [7, 11) is 0. The van der Waals surface area contributed by atoms with Crippen molar-refractivity contribution in [3.8, 4) is 0 Å². The fraction of sp³-hybridized carbons (Fsp3) is 0.333. The lowest BCUT2D eigenvalue weighted by atomic mass is 10.2. The van der Waals surface area contributed by atoms with Gasteiger partial charge < -0.3 is 5.32 Å². The van der Waals surface area contributed by atoms with E-state index in [0.29, 0.717) is 6.54 Å². The van der Waals surface area contributed by atoms with Crippen molar-refractivity contribution in [2.24, 2.45) is 0 Å². The zero-order chi connectivity index (χ0) is 13.8. The van der Waals surface area contributed by atoms with Crippen LogP contribution < -0.4 is 10.6 Å². The van der Waals surface area contributed by atoms with Gasteiger partial charge in [-0.1, -0.05) is 24.3 Å². The molecular weight excluding hydrogens is 270 g/mol. The van der Waals surface area contributed by atoms with Gasteiger partial charge in [-0.25, -0.2) is 4.98 Å². The first-order chi connectivity index (χ1) is 9.83. The van der Waals surface area contributed by atoms with Gasteiger partial charge in [0.05, 0.1) is 15.2 Å². The summed E-state index contributed by atoms with van der Waals surface area (Å²) in [5.74, 6) is 0.0584. The number of aryl methyl sites for hydroxylation is 1. The van der Waals surface area contributed by atoms with Crippen molar-refractivity contribution >= 4 is 27.5 Å². The van der Waals surface area contributed by atoms with E-state index in [1.54, 1.807) is 11.3 Å². The molecule has 2 N–H and O–H groups in total. The number of amides is 1. The minimum atomic E-state index is -0.155. The average molecular weight is 287 g/mol. The second-order valence-corrected chi connectivity index (χ2v) is 5.90. The molecule has 1 aromatic carbocycles. The highest BCUT2D eigenvalue weighted by atomic mass is 32.1. The lowest BCUT2D eigenvalue weighted by Crippen LogP contribution is -2.40. The Morgan fingerprint density at radius 1 is 1.45 bits per heavy atom. The maximum atomic E-state index is 11.8. The molecule has 1 atom stereocenters. The van der Waals surface area contributed by atoms with E-state index in [-0.39, 0.29) is 11.9 Å². The first-order valence-corrected chi connectivity index (χ1v) is 7.67. The van der Waals surface area contributed by atoms with Crippen molar-refractivity contribution in [1.29, 1.82) is 0 Å². The zero-order valence-corrected chi connectivity index (χ0v) is 12.0. The van der Waals surface area contributed by atoms with E-state index in [4.69, 9.17) is 0 Å². The third-order valence-corrected chi connectivity index (χ3v) is 4.37. The number of fused-ring (bicyclic) bond motifs is 1. The van der Waals surface area contributed by atoms with E-state index in [1.807, 2.05) is 30.4 Å². The Bertz CT molecular complexity index is 602. The third kappa shape index (κ3) is 3.05. The molecule has 1 aliphatic rings. The van der Waals surface area contributed by atoms with Crippen LogP contribution in [0.4, 0.5) is 0 Å². The summed E-state index contributed by atoms with van der Waals surface area (Å²) >= 11 is 1.73. The Morgan fingerprint density at radius 3 is 3.15 bits per heavy atom. The number of thiazole rings is 1. The number of benzene rings is 1. The van der Waals surface area contributed by atoms with Crippen LogP contribution in [0.25, 0.3) is 10.2 Å². The van der Waals surface area contributed by atoms with Crippen LogP contribution in [0.3, 0.4) is 0 Å². The molecule has 1 aromatic heterocycles. The second kappa shape index (κ2) is 6.15. The van der Waals surface area contributed by atoms with Gasteiger partial charge >= 0.3 is 0 Å². The summed E-state index contributed by atoms with van der Waals surface area (Å²) in [4.78, 5) is 16.3. The molecule has 1 aliphatic heterocycles. The number of rotatable bonds is 5. The largest absolute Gasteiger partial charge is 0.354 e. The van der Waals surface area contributed by atoms with Gasteiger partial charge in [0.25, 0.3) is 0 Å². The van der Waals surface area contributed by atoms with E-state index in [9.17, 15) is 4.79 Å². The molecule has 0 saturated heterocycles. The Morgan fingerprint density at radius 2 is 2.35 bits per heavy atom. The molecule has 0 saturated carbocycles. The number of hydrogen-bond donors (Lipinski definition) is 2. The Kier molecular flexibility index (Phi) is 4.08. The van der Waals surface area contributed by atoms with Gasteiger partial charge in [0.2, 0.25) is 5.91 Å². The zero-order valence-electron chi connectivity index (χ0n) is 11.1. The van der Waals surface area contributed by atoms with E-state index >= 15 is 0 Å². The number of aromatic nitrogens is 1. The SMILES string of the molecule is O=C(NCCCc1nc2ccccc2s1)[C@@H]1C=CCN1. The minimum absolute atomic E-state index is 0.0584. The molecule has 0 radical (unpaired) electrons. The molecule has 5 heteroatoms. The number of carbonyl (C=O) groups excluding carboxylic acids is 1. The van der Waals surface area contributed by atoms with Gasteiger partial charge in [0.15, 0.2) is 0 Å². The van der Waals surface area contributed by atoms with Crippen molar-refractivity contribution in [3.05, 3.63) is 41.4 Å². The molecule has 1 amide bonds. The Hall–Kier alpha value is -1.72. The standard InChI is InChI=1S/C15H17N3OS/c19-15(12-6-3-9-16-12)17-10-4-8-14-18-11-5-1-2-7-13(11)20-14/h1-3,5-7,12,16H,4,8-10H2,(H,17,19)/t12-/m0/s1. The van der Waals surface area contributed by atoms with E-state index in [1.165, 1.54) is 4.70 Å². The smallest absolute Gasteiger partial charge is 0.241 e. The highest BCUT2D eigenvalue weighted by molar-refractivity contribution is 7.18. The van der Waals surface area contributed by atoms with Gasteiger partial charge in [-0.15, -0.1) is 11.3 Å². The topological polar surface area (TPSA) is 54.0 Å². The molecule has 104 valence electrons. The molecule has 0 unspecified atom stereocenters. The van der Waals surface area contributed by atoms with E-state index in [2.05, 4.69) is 21.7 Å². The lowest BCUT2D eigenvalue weighted by Gasteiger charge is -2.09. The van der Waals surface area contributed by atoms with Crippen LogP contribution in [0.1, 0.15) is 11.4 Å². The number of para-hydroxylation sites is 1. The average Bonchev–Trinajstić information content (AvgIpc) is 3.11. The van der Waals surface area contributed by atoms with Crippen LogP contribution in [0.15, 0.2) is 36.4 Å². The van der Waals surface area contributed by atoms with Crippen LogP contribution in [-0.4, -0.2) is 30.0 Å². The van der Waals surface area contributed by atoms with Gasteiger partial charge in [-0.05, 0) is 18.6 Å². The Balaban J connectivity index is 1.45. The summed E-state index contributed by atoms with van der Waals surface area (Å²) < 4.78 is 1.23. The van der Waals surface area contributed by atoms with Crippen molar-refractivity contribution in [1.82, 2.24) is 15.6 Å². The highest BCUT2D eigenvalue weighted by Gasteiger charge is 2.16. The van der Waals surface area contributed by atoms with Crippen LogP contribution in [0.2, 0.25) is 0 Å². The van der Waals surface area contributed by atoms with Crippen LogP contribution in [0, 0.1) is 0 Å². The van der Waals surface area contributed by atoms with Crippen LogP contribution in [-0.2, 0) is 11.2 Å². The summed E-state index contributed by atoms with van der Waals surface area (Å²) in [5, 5.41) is 7.19. The molecule has 0 fully saturated rings. The quantitative estimate of drug-likeness (QED) is 0.652. The molecule has 0 aliphatic carbocycles. The molecule has 3 rings (SSSR count). The van der Waals surface area contributed by atoms with Crippen molar-refractivity contribution in [2.75, 3.05) is 13.1 Å². The first kappa shape index (κ1) is 13.3. The molecule has 0 spiro atoms. The van der Waals surface area contributed by atoms with Gasteiger partial charge in [0.1, 0.15) is 6.04 Å². The minimum Gasteiger partial charge on any atom is -0.354 e. The molecule has 20 heavy (non-hydrogen) atoms. The number of nitrogens with zero attached hydrogens (tertiary/aromatic N) is 1. The molecule has 2 heterocycles. The molecule has 0 bridgehead atoms. The fourth-order valence-corrected chi connectivity index (χ4v) is 3.24. The predicted molar refractivity (Wildman–Crippen MR) is 81.9 cm³/mol. The normalized spacial score (nSPS) is 17.7. The summed E-state index contributed by atoms with van der Waals surface area (Å²) in [6.07, 6.45) is 5.71. The Labute approximate surface area is 121 Å². The summed E-state index contributed by atoms with van der Waals surface area (Å²) in [6, 6.07) is 8.02. The van der Waals surface area contributed by atoms with Gasteiger partial charge in [-0.2, -0.15) is 0 Å². The van der Waals surface area contributed by atoms with E-state index in [0.717, 1.165) is 29.9 Å². The van der Waals surface area contributed by atoms with Crippen molar-refractivity contribution in [3.63, 3.8) is 0 Å². The number of nitrogens with one attached hydrogen (secondary N) is 2. The van der Waals surface area contributed by atoms with Crippen molar-refractivity contribution < 1.29 is 4.79 Å². The first-order valence-electron chi connectivity index (χ1n) is 6.85. The van der Waals surface area contributed by atoms with Crippen LogP contribution in [0.5, 0.6) is 0 Å². The van der Waals surface area contributed by atoms with E-state index < -0.39 is 0 Å². The predicted octanol–water partition coefficient (Wildman–Crippen LogP) is 1.87. The maximum absolute atomic E-state index is 11.8. The second-order valence-electron chi connectivity index (χ2n) is 4.78. The maximum Gasteiger partial charge on any atom is 0.241 e. The van der Waals surface area contributed by atoms with Crippen molar-refractivity contribution in [2.45, 2.75) is 18.9 Å². The number of hydrogen-bond acceptors (Lipinski definition) is 4. The molecule has 2 aromatic rings. The monoisotopic (exact) mass is 287 g/mol. The molecule has 4 nitrogen and oxygen atoms in total. The summed E-state index contributed by atoms with van der Waals surface area (Å²) in [6.45, 7) is 1.48. The highest BCUT2D eigenvalue weighted by Crippen LogP contribution is 2.22. The lowest BCUT2D eigenvalue weighted by molar-refractivity contribution is -0.121. The third-order valence-electron chi connectivity index (χ3n) is 3.27.